The van der Waals surface area contributed by atoms with Crippen LogP contribution in [0, 0.1) is 22.7 Å². The summed E-state index contributed by atoms with van der Waals surface area (Å²) in [5.41, 5.74) is 7.97. The SMILES string of the molecule is N#Cc1cc(C(=N)c2cc(OCc3c(Cl)cncc3Cl)ccc2N)cnc1N1CC(C(F)F)C1. The number of nitrogens with zero attached hydrogens (tertiary/aromatic N) is 4. The van der Waals surface area contributed by atoms with Gasteiger partial charge in [-0.15, -0.1) is 0 Å². The van der Waals surface area contributed by atoms with Crippen molar-refractivity contribution in [2.24, 2.45) is 5.92 Å². The number of aromatic nitrogens is 2. The first-order chi connectivity index (χ1) is 16.3. The number of nitrogens with two attached hydrogens (primary N) is 1. The molecule has 3 N–H and O–H groups in total. The number of benzene rings is 1. The molecule has 7 nitrogen and oxygen atoms in total. The topological polar surface area (TPSA) is 112 Å². The summed E-state index contributed by atoms with van der Waals surface area (Å²) < 4.78 is 31.4. The van der Waals surface area contributed by atoms with Gasteiger partial charge in [0.2, 0.25) is 6.43 Å². The van der Waals surface area contributed by atoms with Crippen LogP contribution in [0.15, 0.2) is 42.9 Å². The molecular weight excluding hydrogens is 485 g/mol. The molecule has 1 saturated heterocycles. The van der Waals surface area contributed by atoms with Crippen molar-refractivity contribution in [1.82, 2.24) is 9.97 Å². The third kappa shape index (κ3) is 4.74. The van der Waals surface area contributed by atoms with Crippen molar-refractivity contribution in [2.45, 2.75) is 13.0 Å². The van der Waals surface area contributed by atoms with Crippen molar-refractivity contribution in [3.05, 3.63) is 75.2 Å². The largest absolute Gasteiger partial charge is 0.489 e. The van der Waals surface area contributed by atoms with Crippen LogP contribution in [0.25, 0.3) is 0 Å². The van der Waals surface area contributed by atoms with Gasteiger partial charge in [0.25, 0.3) is 0 Å². The molecule has 0 spiro atoms. The summed E-state index contributed by atoms with van der Waals surface area (Å²) in [5.74, 6) is 0.0273. The Balaban J connectivity index is 1.54. The molecule has 4 rings (SSSR count). The van der Waals surface area contributed by atoms with E-state index in [1.54, 1.807) is 23.1 Å². The summed E-state index contributed by atoms with van der Waals surface area (Å²) in [5, 5.41) is 18.9. The molecule has 0 radical (unpaired) electrons. The zero-order valence-corrected chi connectivity index (χ0v) is 19.1. The van der Waals surface area contributed by atoms with Gasteiger partial charge in [0.05, 0.1) is 27.2 Å². The lowest BCUT2D eigenvalue weighted by molar-refractivity contribution is 0.0611. The summed E-state index contributed by atoms with van der Waals surface area (Å²) >= 11 is 12.3. The molecule has 0 atom stereocenters. The molecule has 174 valence electrons. The van der Waals surface area contributed by atoms with Gasteiger partial charge in [0.1, 0.15) is 24.2 Å². The maximum atomic E-state index is 12.8. The summed E-state index contributed by atoms with van der Waals surface area (Å²) in [7, 11) is 0. The van der Waals surface area contributed by atoms with Crippen LogP contribution in [0.4, 0.5) is 20.3 Å². The van der Waals surface area contributed by atoms with Crippen LogP contribution in [0.3, 0.4) is 0 Å². The van der Waals surface area contributed by atoms with Crippen LogP contribution in [0.5, 0.6) is 5.75 Å². The molecule has 0 saturated carbocycles. The van der Waals surface area contributed by atoms with E-state index < -0.39 is 12.3 Å². The normalized spacial score (nSPS) is 13.5. The number of ether oxygens (including phenoxy) is 1. The molecule has 3 heterocycles. The highest BCUT2D eigenvalue weighted by Gasteiger charge is 2.35. The van der Waals surface area contributed by atoms with Gasteiger partial charge >= 0.3 is 0 Å². The lowest BCUT2D eigenvalue weighted by Crippen LogP contribution is -2.50. The smallest absolute Gasteiger partial charge is 0.244 e. The minimum Gasteiger partial charge on any atom is -0.489 e. The summed E-state index contributed by atoms with van der Waals surface area (Å²) in [6.45, 7) is 0.350. The first kappa shape index (κ1) is 23.7. The highest BCUT2D eigenvalue weighted by Crippen LogP contribution is 2.31. The fraction of sp³-hybridized carbons (Fsp3) is 0.217. The van der Waals surface area contributed by atoms with E-state index in [9.17, 15) is 14.0 Å². The lowest BCUT2D eigenvalue weighted by atomic mass is 9.98. The maximum absolute atomic E-state index is 12.8. The number of halogens is 4. The van der Waals surface area contributed by atoms with Crippen LogP contribution in [-0.2, 0) is 6.61 Å². The number of anilines is 2. The molecule has 0 bridgehead atoms. The Bertz CT molecular complexity index is 1270. The quantitative estimate of drug-likeness (QED) is 0.349. The highest BCUT2D eigenvalue weighted by atomic mass is 35.5. The van der Waals surface area contributed by atoms with Crippen molar-refractivity contribution >= 4 is 40.4 Å². The second-order valence-electron chi connectivity index (χ2n) is 7.70. The number of hydrogen-bond acceptors (Lipinski definition) is 7. The summed E-state index contributed by atoms with van der Waals surface area (Å²) in [6, 6.07) is 8.40. The minimum atomic E-state index is -2.41. The van der Waals surface area contributed by atoms with E-state index >= 15 is 0 Å². The number of alkyl halides is 2. The highest BCUT2D eigenvalue weighted by molar-refractivity contribution is 6.35. The van der Waals surface area contributed by atoms with Crippen molar-refractivity contribution < 1.29 is 13.5 Å². The molecule has 0 amide bonds. The Kier molecular flexibility index (Phi) is 6.82. The van der Waals surface area contributed by atoms with Gasteiger partial charge in [0, 0.05) is 54.1 Å². The van der Waals surface area contributed by atoms with E-state index in [-0.39, 0.29) is 31.0 Å². The maximum Gasteiger partial charge on any atom is 0.244 e. The molecule has 1 aliphatic rings. The third-order valence-electron chi connectivity index (χ3n) is 5.47. The number of pyridine rings is 2. The first-order valence-electron chi connectivity index (χ1n) is 10.1. The fourth-order valence-electron chi connectivity index (χ4n) is 3.50. The summed E-state index contributed by atoms with van der Waals surface area (Å²) in [6.07, 6.45) is 1.95. The number of rotatable bonds is 7. The molecule has 1 aromatic carbocycles. The predicted octanol–water partition coefficient (Wildman–Crippen LogP) is 4.93. The average molecular weight is 503 g/mol. The number of hydrogen-bond donors (Lipinski definition) is 2. The van der Waals surface area contributed by atoms with Crippen LogP contribution in [0.1, 0.15) is 22.3 Å². The van der Waals surface area contributed by atoms with Crippen molar-refractivity contribution in [1.29, 1.82) is 10.7 Å². The average Bonchev–Trinajstić information content (AvgIpc) is 2.78. The van der Waals surface area contributed by atoms with Gasteiger partial charge in [-0.2, -0.15) is 5.26 Å². The van der Waals surface area contributed by atoms with Gasteiger partial charge in [-0.25, -0.2) is 13.8 Å². The Labute approximate surface area is 204 Å². The molecule has 11 heteroatoms. The standard InChI is InChI=1S/C23H18Cl2F2N6O/c24-18-7-31-8-19(25)17(18)11-34-15-1-2-20(29)16(4-15)21(30)13-3-12(5-28)23(32-6-13)33-9-14(10-33)22(26)27/h1-4,6-8,14,22,30H,9-11,29H2. The molecular formula is C23H18Cl2F2N6O. The second-order valence-corrected chi connectivity index (χ2v) is 8.52. The Morgan fingerprint density at radius 3 is 2.59 bits per heavy atom. The third-order valence-corrected chi connectivity index (χ3v) is 6.12. The van der Waals surface area contributed by atoms with E-state index in [4.69, 9.17) is 39.1 Å². The zero-order chi connectivity index (χ0) is 24.4. The number of nitriles is 1. The number of nitrogens with one attached hydrogen (secondary N) is 1. The molecule has 2 aromatic heterocycles. The van der Waals surface area contributed by atoms with Gasteiger partial charge < -0.3 is 15.4 Å². The molecule has 1 fully saturated rings. The minimum absolute atomic E-state index is 0.0348. The van der Waals surface area contributed by atoms with Crippen molar-refractivity contribution in [3.63, 3.8) is 0 Å². The molecule has 0 unspecified atom stereocenters. The fourth-order valence-corrected chi connectivity index (χ4v) is 3.98. The Morgan fingerprint density at radius 1 is 1.24 bits per heavy atom. The van der Waals surface area contributed by atoms with Gasteiger partial charge in [-0.05, 0) is 24.3 Å². The Morgan fingerprint density at radius 2 is 1.94 bits per heavy atom. The van der Waals surface area contributed by atoms with Crippen LogP contribution in [0.2, 0.25) is 10.0 Å². The molecule has 34 heavy (non-hydrogen) atoms. The second kappa shape index (κ2) is 9.79. The van der Waals surface area contributed by atoms with Crippen molar-refractivity contribution in [3.8, 4) is 11.8 Å². The first-order valence-corrected chi connectivity index (χ1v) is 10.9. The molecule has 3 aromatic rings. The van der Waals surface area contributed by atoms with E-state index in [2.05, 4.69) is 9.97 Å². The van der Waals surface area contributed by atoms with Gasteiger partial charge in [-0.3, -0.25) is 10.4 Å². The van der Waals surface area contributed by atoms with Crippen LogP contribution >= 0.6 is 23.2 Å². The monoisotopic (exact) mass is 502 g/mol. The van der Waals surface area contributed by atoms with E-state index in [0.717, 1.165) is 0 Å². The number of nitrogen functional groups attached to an aromatic ring is 1. The van der Waals surface area contributed by atoms with Crippen LogP contribution < -0.4 is 15.4 Å². The summed E-state index contributed by atoms with van der Waals surface area (Å²) in [4.78, 5) is 9.80. The Hall–Kier alpha value is -3.48. The van der Waals surface area contributed by atoms with Gasteiger partial charge in [-0.1, -0.05) is 23.2 Å². The predicted molar refractivity (Wildman–Crippen MR) is 126 cm³/mol. The van der Waals surface area contributed by atoms with Crippen molar-refractivity contribution in [2.75, 3.05) is 23.7 Å². The molecule has 0 aliphatic carbocycles. The van der Waals surface area contributed by atoms with E-state index in [0.29, 0.717) is 44.0 Å². The van der Waals surface area contributed by atoms with Gasteiger partial charge in [0.15, 0.2) is 0 Å². The van der Waals surface area contributed by atoms with Crippen LogP contribution in [-0.4, -0.2) is 35.2 Å². The molecule has 1 aliphatic heterocycles. The van der Waals surface area contributed by atoms with E-state index in [1.165, 1.54) is 24.7 Å². The lowest BCUT2D eigenvalue weighted by Gasteiger charge is -2.39. The zero-order valence-electron chi connectivity index (χ0n) is 17.6. The van der Waals surface area contributed by atoms with E-state index in [1.807, 2.05) is 6.07 Å².